The third-order valence-electron chi connectivity index (χ3n) is 6.92. The van der Waals surface area contributed by atoms with E-state index < -0.39 is 0 Å². The Morgan fingerprint density at radius 3 is 2.15 bits per heavy atom. The maximum absolute atomic E-state index is 5.49. The molecule has 0 amide bonds. The van der Waals surface area contributed by atoms with Crippen molar-refractivity contribution in [2.75, 3.05) is 54.6 Å². The van der Waals surface area contributed by atoms with Crippen LogP contribution in [0.2, 0.25) is 0 Å². The molecule has 0 bridgehead atoms. The Kier molecular flexibility index (Phi) is 7.33. The van der Waals surface area contributed by atoms with Gasteiger partial charge in [-0.3, -0.25) is 0 Å². The predicted octanol–water partition coefficient (Wildman–Crippen LogP) is 3.95. The zero-order chi connectivity index (χ0) is 23.4. The van der Waals surface area contributed by atoms with E-state index in [0.717, 1.165) is 74.9 Å². The van der Waals surface area contributed by atoms with Gasteiger partial charge in [0.2, 0.25) is 0 Å². The Morgan fingerprint density at radius 1 is 0.879 bits per heavy atom. The third-order valence-corrected chi connectivity index (χ3v) is 6.92. The normalized spacial score (nSPS) is 16.9. The highest BCUT2D eigenvalue weighted by Gasteiger charge is 2.28. The van der Waals surface area contributed by atoms with Gasteiger partial charge in [0.1, 0.15) is 0 Å². The van der Waals surface area contributed by atoms with Crippen molar-refractivity contribution in [1.29, 1.82) is 0 Å². The summed E-state index contributed by atoms with van der Waals surface area (Å²) in [7, 11) is 6.75. The Morgan fingerprint density at radius 2 is 1.48 bits per heavy atom. The molecule has 1 N–H and O–H groups in total. The molecule has 0 unspecified atom stereocenters. The Labute approximate surface area is 197 Å². The maximum Gasteiger partial charge on any atom is 0.161 e. The lowest BCUT2D eigenvalue weighted by Crippen LogP contribution is -2.32. The second-order valence-corrected chi connectivity index (χ2v) is 8.82. The molecular weight excluding hydrogens is 416 g/mol. The van der Waals surface area contributed by atoms with Crippen molar-refractivity contribution in [1.82, 2.24) is 10.2 Å². The topological polar surface area (TPSA) is 52.2 Å². The number of methoxy groups -OCH3 is 4. The van der Waals surface area contributed by atoms with Crippen molar-refractivity contribution in [2.45, 2.75) is 31.6 Å². The number of benzene rings is 2. The van der Waals surface area contributed by atoms with Gasteiger partial charge in [0.15, 0.2) is 23.0 Å². The number of fused-ring (bicyclic) bond motifs is 2. The summed E-state index contributed by atoms with van der Waals surface area (Å²) >= 11 is 0. The van der Waals surface area contributed by atoms with Crippen molar-refractivity contribution in [3.8, 4) is 23.0 Å². The molecule has 0 spiro atoms. The van der Waals surface area contributed by atoms with Gasteiger partial charge < -0.3 is 29.2 Å². The van der Waals surface area contributed by atoms with Crippen LogP contribution >= 0.6 is 0 Å². The van der Waals surface area contributed by atoms with E-state index in [4.69, 9.17) is 18.9 Å². The Balaban J connectivity index is 1.24. The lowest BCUT2D eigenvalue weighted by Gasteiger charge is -2.32. The highest BCUT2D eigenvalue weighted by Crippen LogP contribution is 2.42. The van der Waals surface area contributed by atoms with Crippen LogP contribution in [0.5, 0.6) is 23.0 Å². The second-order valence-electron chi connectivity index (χ2n) is 8.82. The summed E-state index contributed by atoms with van der Waals surface area (Å²) in [6.45, 7) is 8.36. The SMILES string of the molecule is C=C1Cc2cc(OC)c(OC)cc2CCN1CCCNC[C@H]1Cc2cc(OC)c(OC)cc21. The van der Waals surface area contributed by atoms with E-state index in [1.807, 2.05) is 0 Å². The second kappa shape index (κ2) is 10.4. The van der Waals surface area contributed by atoms with E-state index in [-0.39, 0.29) is 0 Å². The molecule has 2 aromatic rings. The molecule has 4 rings (SSSR count). The molecule has 2 aromatic carbocycles. The molecular formula is C27H36N2O4. The van der Waals surface area contributed by atoms with Gasteiger partial charge in [-0.1, -0.05) is 6.58 Å². The van der Waals surface area contributed by atoms with E-state index in [9.17, 15) is 0 Å². The van der Waals surface area contributed by atoms with Crippen molar-refractivity contribution in [2.24, 2.45) is 0 Å². The standard InChI is InChI=1S/C27H36N2O4/c1-18-11-20-14-25(31-3)24(30-2)13-19(20)7-10-29(18)9-6-8-28-17-22-12-21-15-26(32-4)27(33-5)16-23(21)22/h13-16,22,28H,1,6-12,17H2,2-5H3/t22-/m1/s1. The van der Waals surface area contributed by atoms with Crippen LogP contribution in [0.3, 0.4) is 0 Å². The van der Waals surface area contributed by atoms with Crippen LogP contribution in [0.1, 0.15) is 34.6 Å². The number of hydrogen-bond acceptors (Lipinski definition) is 6. The van der Waals surface area contributed by atoms with E-state index >= 15 is 0 Å². The largest absolute Gasteiger partial charge is 0.493 e. The van der Waals surface area contributed by atoms with E-state index in [0.29, 0.717) is 5.92 Å². The smallest absolute Gasteiger partial charge is 0.161 e. The number of allylic oxidation sites excluding steroid dienone is 1. The first kappa shape index (κ1) is 23.3. The van der Waals surface area contributed by atoms with Crippen LogP contribution in [-0.4, -0.2) is 59.5 Å². The van der Waals surface area contributed by atoms with Gasteiger partial charge in [-0.2, -0.15) is 0 Å². The molecule has 0 fully saturated rings. The first-order valence-corrected chi connectivity index (χ1v) is 11.7. The van der Waals surface area contributed by atoms with Crippen LogP contribution in [0.15, 0.2) is 36.5 Å². The lowest BCUT2D eigenvalue weighted by molar-refractivity contribution is 0.338. The number of nitrogens with one attached hydrogen (secondary N) is 1. The van der Waals surface area contributed by atoms with Gasteiger partial charge in [0.25, 0.3) is 0 Å². The van der Waals surface area contributed by atoms with Gasteiger partial charge >= 0.3 is 0 Å². The fourth-order valence-corrected chi connectivity index (χ4v) is 4.97. The van der Waals surface area contributed by atoms with E-state index in [1.165, 1.54) is 28.0 Å². The zero-order valence-electron chi connectivity index (χ0n) is 20.3. The molecule has 178 valence electrons. The van der Waals surface area contributed by atoms with Gasteiger partial charge in [-0.15, -0.1) is 0 Å². The first-order chi connectivity index (χ1) is 16.1. The summed E-state index contributed by atoms with van der Waals surface area (Å²) in [6, 6.07) is 8.46. The van der Waals surface area contributed by atoms with Gasteiger partial charge in [-0.05, 0) is 72.3 Å². The van der Waals surface area contributed by atoms with Crippen LogP contribution in [0.25, 0.3) is 0 Å². The van der Waals surface area contributed by atoms with Crippen molar-refractivity contribution >= 4 is 0 Å². The summed E-state index contributed by atoms with van der Waals surface area (Å²) in [6.07, 6.45) is 4.03. The molecule has 0 radical (unpaired) electrons. The monoisotopic (exact) mass is 452 g/mol. The summed E-state index contributed by atoms with van der Waals surface area (Å²) in [4.78, 5) is 2.43. The average Bonchev–Trinajstić information content (AvgIpc) is 2.97. The minimum absolute atomic E-state index is 0.549. The highest BCUT2D eigenvalue weighted by atomic mass is 16.5. The average molecular weight is 453 g/mol. The number of ether oxygens (including phenoxy) is 4. The molecule has 0 saturated carbocycles. The van der Waals surface area contributed by atoms with Crippen LogP contribution in [0.4, 0.5) is 0 Å². The summed E-state index contributed by atoms with van der Waals surface area (Å²) in [5, 5.41) is 3.65. The van der Waals surface area contributed by atoms with Gasteiger partial charge in [-0.25, -0.2) is 0 Å². The highest BCUT2D eigenvalue weighted by molar-refractivity contribution is 5.53. The van der Waals surface area contributed by atoms with Crippen molar-refractivity contribution in [3.05, 3.63) is 58.8 Å². The lowest BCUT2D eigenvalue weighted by atomic mass is 9.77. The first-order valence-electron chi connectivity index (χ1n) is 11.7. The van der Waals surface area contributed by atoms with Gasteiger partial charge in [0, 0.05) is 37.7 Å². The third kappa shape index (κ3) is 4.91. The number of hydrogen-bond donors (Lipinski definition) is 1. The van der Waals surface area contributed by atoms with Crippen molar-refractivity contribution in [3.63, 3.8) is 0 Å². The summed E-state index contributed by atoms with van der Waals surface area (Å²) in [5.74, 6) is 3.77. The van der Waals surface area contributed by atoms with E-state index in [1.54, 1.807) is 28.4 Å². The number of nitrogens with zero attached hydrogens (tertiary/aromatic N) is 1. The molecule has 1 aliphatic heterocycles. The Bertz CT molecular complexity index is 1000. The molecule has 1 aliphatic carbocycles. The fraction of sp³-hybridized carbons (Fsp3) is 0.481. The molecule has 1 atom stereocenters. The van der Waals surface area contributed by atoms with Gasteiger partial charge in [0.05, 0.1) is 28.4 Å². The molecule has 1 heterocycles. The van der Waals surface area contributed by atoms with Crippen LogP contribution < -0.4 is 24.3 Å². The summed E-state index contributed by atoms with van der Waals surface area (Å²) in [5.41, 5.74) is 6.53. The zero-order valence-corrected chi connectivity index (χ0v) is 20.3. The molecule has 33 heavy (non-hydrogen) atoms. The minimum Gasteiger partial charge on any atom is -0.493 e. The minimum atomic E-state index is 0.549. The molecule has 0 aromatic heterocycles. The molecule has 0 saturated heterocycles. The predicted molar refractivity (Wildman–Crippen MR) is 131 cm³/mol. The molecule has 6 heteroatoms. The van der Waals surface area contributed by atoms with E-state index in [2.05, 4.69) is 41.1 Å². The maximum atomic E-state index is 5.49. The molecule has 6 nitrogen and oxygen atoms in total. The fourth-order valence-electron chi connectivity index (χ4n) is 4.97. The summed E-state index contributed by atoms with van der Waals surface area (Å²) < 4.78 is 21.8. The van der Waals surface area contributed by atoms with Crippen LogP contribution in [-0.2, 0) is 19.3 Å². The Hall–Kier alpha value is -2.86. The van der Waals surface area contributed by atoms with Crippen molar-refractivity contribution < 1.29 is 18.9 Å². The quantitative estimate of drug-likeness (QED) is 0.551. The number of rotatable bonds is 10. The van der Waals surface area contributed by atoms with Crippen LogP contribution in [0, 0.1) is 0 Å². The molecule has 2 aliphatic rings.